The van der Waals surface area contributed by atoms with Crippen molar-refractivity contribution in [3.8, 4) is 0 Å². The van der Waals surface area contributed by atoms with Gasteiger partial charge < -0.3 is 19.1 Å². The van der Waals surface area contributed by atoms with Crippen LogP contribution in [0.25, 0.3) is 0 Å². The van der Waals surface area contributed by atoms with Crippen molar-refractivity contribution in [2.45, 2.75) is 37.5 Å². The van der Waals surface area contributed by atoms with Crippen molar-refractivity contribution in [2.75, 3.05) is 46.5 Å². The fourth-order valence-electron chi connectivity index (χ4n) is 5.43. The Hall–Kier alpha value is -1.64. The van der Waals surface area contributed by atoms with Gasteiger partial charge in [0.15, 0.2) is 11.5 Å². The van der Waals surface area contributed by atoms with Gasteiger partial charge in [-0.15, -0.1) is 0 Å². The number of carbonyl (C=O) groups is 2. The first-order chi connectivity index (χ1) is 16.0. The van der Waals surface area contributed by atoms with Crippen LogP contribution >= 0.6 is 23.2 Å². The highest BCUT2D eigenvalue weighted by Crippen LogP contribution is 2.47. The molecule has 4 atom stereocenters. The normalized spacial score (nSPS) is 30.3. The maximum atomic E-state index is 13.7. The third kappa shape index (κ3) is 4.30. The molecule has 2 fully saturated rings. The van der Waals surface area contributed by atoms with Crippen LogP contribution in [0, 0.1) is 5.92 Å². The number of hydrogen-bond donors (Lipinski definition) is 0. The predicted octanol–water partition coefficient (Wildman–Crippen LogP) is 3.25. The van der Waals surface area contributed by atoms with E-state index in [1.165, 1.54) is 0 Å². The van der Waals surface area contributed by atoms with Gasteiger partial charge in [-0.05, 0) is 30.5 Å². The number of ketones is 1. The summed E-state index contributed by atoms with van der Waals surface area (Å²) >= 11 is 12.5. The van der Waals surface area contributed by atoms with E-state index in [0.29, 0.717) is 54.8 Å². The van der Waals surface area contributed by atoms with Crippen LogP contribution in [0.3, 0.4) is 0 Å². The summed E-state index contributed by atoms with van der Waals surface area (Å²) in [6.45, 7) is 4.19. The van der Waals surface area contributed by atoms with Crippen molar-refractivity contribution in [2.24, 2.45) is 5.92 Å². The summed E-state index contributed by atoms with van der Waals surface area (Å²) in [7, 11) is 1.68. The van der Waals surface area contributed by atoms with E-state index in [1.54, 1.807) is 24.1 Å². The molecule has 178 valence electrons. The molecule has 4 aliphatic rings. The number of carbonyl (C=O) groups excluding carboxylic acids is 2. The summed E-state index contributed by atoms with van der Waals surface area (Å²) in [5, 5.41) is 0.828. The van der Waals surface area contributed by atoms with Gasteiger partial charge in [-0.25, -0.2) is 0 Å². The minimum atomic E-state index is -0.531. The standard InChI is InChI=1S/C24H28Cl2N2O5/c1-31-15-3-4-16-19(13-15)33-23-20(22(16)29)21(14-2-5-17(25)18(26)12-14)28(24(23)30)7-6-27-8-10-32-11-9-27/h2,5,12,15-16,19,21H,3-4,6-11,13H2,1H3. The van der Waals surface area contributed by atoms with Crippen LogP contribution in [0.1, 0.15) is 30.9 Å². The van der Waals surface area contributed by atoms with Crippen LogP contribution < -0.4 is 0 Å². The molecule has 33 heavy (non-hydrogen) atoms. The average molecular weight is 495 g/mol. The van der Waals surface area contributed by atoms with Crippen molar-refractivity contribution < 1.29 is 23.8 Å². The second kappa shape index (κ2) is 9.55. The number of rotatable bonds is 5. The number of methoxy groups -OCH3 is 1. The molecular formula is C24H28Cl2N2O5. The largest absolute Gasteiger partial charge is 0.483 e. The van der Waals surface area contributed by atoms with Crippen LogP contribution in [-0.2, 0) is 23.8 Å². The van der Waals surface area contributed by atoms with E-state index in [0.717, 1.165) is 25.1 Å². The number of morpholine rings is 1. The Bertz CT molecular complexity index is 978. The SMILES string of the molecule is COC1CCC2C(=O)C3=C(OC2C1)C(=O)N(CCN1CCOCC1)C3c1ccc(Cl)c(Cl)c1. The number of nitrogens with zero attached hydrogens (tertiary/aromatic N) is 2. The van der Waals surface area contributed by atoms with Crippen LogP contribution in [0.5, 0.6) is 0 Å². The van der Waals surface area contributed by atoms with Crippen molar-refractivity contribution in [3.05, 3.63) is 45.1 Å². The highest BCUT2D eigenvalue weighted by Gasteiger charge is 2.52. The molecule has 7 nitrogen and oxygen atoms in total. The molecule has 1 saturated carbocycles. The fraction of sp³-hybridized carbons (Fsp3) is 0.583. The zero-order valence-corrected chi connectivity index (χ0v) is 20.1. The lowest BCUT2D eigenvalue weighted by atomic mass is 9.76. The summed E-state index contributed by atoms with van der Waals surface area (Å²) in [6, 6.07) is 4.77. The van der Waals surface area contributed by atoms with E-state index in [2.05, 4.69) is 4.90 Å². The number of fused-ring (bicyclic) bond motifs is 1. The molecule has 1 aromatic rings. The molecule has 0 radical (unpaired) electrons. The van der Waals surface area contributed by atoms with Crippen molar-refractivity contribution in [1.82, 2.24) is 9.80 Å². The molecule has 4 unspecified atom stereocenters. The van der Waals surface area contributed by atoms with Crippen molar-refractivity contribution in [1.29, 1.82) is 0 Å². The van der Waals surface area contributed by atoms with E-state index < -0.39 is 6.04 Å². The van der Waals surface area contributed by atoms with Gasteiger partial charge in [0.25, 0.3) is 5.91 Å². The average Bonchev–Trinajstić information content (AvgIpc) is 3.11. The Kier molecular flexibility index (Phi) is 6.69. The molecule has 0 bridgehead atoms. The molecule has 0 spiro atoms. The van der Waals surface area contributed by atoms with Crippen LogP contribution in [0.2, 0.25) is 10.0 Å². The Morgan fingerprint density at radius 1 is 1.09 bits per heavy atom. The molecule has 1 aromatic carbocycles. The fourth-order valence-corrected chi connectivity index (χ4v) is 5.73. The molecule has 1 saturated heterocycles. The summed E-state index contributed by atoms with van der Waals surface area (Å²) in [4.78, 5) is 31.3. The van der Waals surface area contributed by atoms with Gasteiger partial charge in [-0.2, -0.15) is 0 Å². The van der Waals surface area contributed by atoms with Crippen LogP contribution in [0.4, 0.5) is 0 Å². The van der Waals surface area contributed by atoms with E-state index >= 15 is 0 Å². The molecule has 3 heterocycles. The van der Waals surface area contributed by atoms with Gasteiger partial charge >= 0.3 is 0 Å². The number of amides is 1. The molecule has 1 amide bonds. The molecule has 5 rings (SSSR count). The van der Waals surface area contributed by atoms with E-state index in [4.69, 9.17) is 37.4 Å². The zero-order valence-electron chi connectivity index (χ0n) is 18.6. The first-order valence-corrected chi connectivity index (χ1v) is 12.3. The van der Waals surface area contributed by atoms with Crippen LogP contribution in [-0.4, -0.2) is 80.2 Å². The maximum absolute atomic E-state index is 13.7. The van der Waals surface area contributed by atoms with Gasteiger partial charge in [-0.1, -0.05) is 29.3 Å². The lowest BCUT2D eigenvalue weighted by Crippen LogP contribution is -2.43. The Labute approximate surface area is 203 Å². The number of benzene rings is 1. The first-order valence-electron chi connectivity index (χ1n) is 11.5. The summed E-state index contributed by atoms with van der Waals surface area (Å²) < 4.78 is 17.2. The number of Topliss-reactive ketones (excluding diaryl/α,β-unsaturated/α-hetero) is 1. The first kappa shape index (κ1) is 23.1. The Balaban J connectivity index is 1.48. The van der Waals surface area contributed by atoms with Gasteiger partial charge in [0.1, 0.15) is 6.10 Å². The highest BCUT2D eigenvalue weighted by atomic mass is 35.5. The highest BCUT2D eigenvalue weighted by molar-refractivity contribution is 6.42. The van der Waals surface area contributed by atoms with Gasteiger partial charge in [0, 0.05) is 39.7 Å². The molecule has 1 aliphatic carbocycles. The third-order valence-corrected chi connectivity index (χ3v) is 7.99. The van der Waals surface area contributed by atoms with Crippen molar-refractivity contribution >= 4 is 34.9 Å². The van der Waals surface area contributed by atoms with Gasteiger partial charge in [0.05, 0.1) is 46.9 Å². The predicted molar refractivity (Wildman–Crippen MR) is 123 cm³/mol. The zero-order chi connectivity index (χ0) is 23.1. The summed E-state index contributed by atoms with van der Waals surface area (Å²) in [5.41, 5.74) is 1.23. The molecule has 9 heteroatoms. The second-order valence-corrected chi connectivity index (χ2v) is 9.88. The molecular weight excluding hydrogens is 467 g/mol. The minimum Gasteiger partial charge on any atom is -0.483 e. The quantitative estimate of drug-likeness (QED) is 0.625. The van der Waals surface area contributed by atoms with Crippen LogP contribution in [0.15, 0.2) is 29.5 Å². The number of hydrogen-bond acceptors (Lipinski definition) is 6. The number of ether oxygens (including phenoxy) is 3. The van der Waals surface area contributed by atoms with E-state index in [1.807, 2.05) is 6.07 Å². The van der Waals surface area contributed by atoms with E-state index in [9.17, 15) is 9.59 Å². The Morgan fingerprint density at radius 2 is 1.88 bits per heavy atom. The second-order valence-electron chi connectivity index (χ2n) is 9.07. The summed E-state index contributed by atoms with van der Waals surface area (Å²) in [6.07, 6.45) is 1.83. The lowest BCUT2D eigenvalue weighted by molar-refractivity contribution is -0.138. The monoisotopic (exact) mass is 494 g/mol. The van der Waals surface area contributed by atoms with Crippen molar-refractivity contribution in [3.63, 3.8) is 0 Å². The van der Waals surface area contributed by atoms with Gasteiger partial charge in [-0.3, -0.25) is 14.5 Å². The third-order valence-electron chi connectivity index (χ3n) is 7.25. The number of halogens is 2. The smallest absolute Gasteiger partial charge is 0.290 e. The minimum absolute atomic E-state index is 0.00842. The van der Waals surface area contributed by atoms with E-state index in [-0.39, 0.29) is 35.6 Å². The van der Waals surface area contributed by atoms with Gasteiger partial charge in [0.2, 0.25) is 0 Å². The summed E-state index contributed by atoms with van der Waals surface area (Å²) in [5.74, 6) is -0.293. The molecule has 0 N–H and O–H groups in total. The Morgan fingerprint density at radius 3 is 2.61 bits per heavy atom. The topological polar surface area (TPSA) is 68.3 Å². The molecule has 3 aliphatic heterocycles. The molecule has 0 aromatic heterocycles. The lowest BCUT2D eigenvalue weighted by Gasteiger charge is -2.38. The maximum Gasteiger partial charge on any atom is 0.290 e.